The van der Waals surface area contributed by atoms with Crippen LogP contribution in [0.3, 0.4) is 0 Å². The van der Waals surface area contributed by atoms with E-state index in [1.165, 1.54) is 6.08 Å². The van der Waals surface area contributed by atoms with Crippen LogP contribution in [0.5, 0.6) is 5.75 Å². The SMILES string of the molecule is Cc1cccc(NC(=O)COc2c(Br)cc(C=C3C(=O)NC(=S)NC3=O)cc2Br)c1. The Labute approximate surface area is 194 Å². The first-order valence-electron chi connectivity index (χ1n) is 8.59. The highest BCUT2D eigenvalue weighted by molar-refractivity contribution is 9.11. The fourth-order valence-electron chi connectivity index (χ4n) is 2.63. The Morgan fingerprint density at radius 1 is 1.13 bits per heavy atom. The van der Waals surface area contributed by atoms with Crippen LogP contribution >= 0.6 is 44.1 Å². The fraction of sp³-hybridized carbons (Fsp3) is 0.100. The lowest BCUT2D eigenvalue weighted by Crippen LogP contribution is -2.51. The van der Waals surface area contributed by atoms with Crippen molar-refractivity contribution in [1.82, 2.24) is 10.6 Å². The van der Waals surface area contributed by atoms with Gasteiger partial charge < -0.3 is 10.1 Å². The maximum atomic E-state index is 12.2. The van der Waals surface area contributed by atoms with E-state index in [1.807, 2.05) is 25.1 Å². The van der Waals surface area contributed by atoms with Gasteiger partial charge >= 0.3 is 0 Å². The van der Waals surface area contributed by atoms with Crippen molar-refractivity contribution < 1.29 is 19.1 Å². The molecule has 3 rings (SSSR count). The van der Waals surface area contributed by atoms with Crippen LogP contribution in [0.25, 0.3) is 6.08 Å². The van der Waals surface area contributed by atoms with Crippen LogP contribution in [0.2, 0.25) is 0 Å². The summed E-state index contributed by atoms with van der Waals surface area (Å²) in [6.45, 7) is 1.74. The molecule has 7 nitrogen and oxygen atoms in total. The third-order valence-electron chi connectivity index (χ3n) is 3.92. The van der Waals surface area contributed by atoms with Gasteiger partial charge in [0.1, 0.15) is 11.3 Å². The number of halogens is 2. The minimum atomic E-state index is -0.579. The molecule has 2 aromatic carbocycles. The van der Waals surface area contributed by atoms with E-state index in [0.717, 1.165) is 5.56 Å². The van der Waals surface area contributed by atoms with Crippen molar-refractivity contribution >= 4 is 78.7 Å². The van der Waals surface area contributed by atoms with Gasteiger partial charge in [-0.2, -0.15) is 0 Å². The molecule has 0 radical (unpaired) electrons. The normalized spacial score (nSPS) is 13.4. The Balaban J connectivity index is 1.71. The minimum Gasteiger partial charge on any atom is -0.481 e. The van der Waals surface area contributed by atoms with E-state index in [-0.39, 0.29) is 23.2 Å². The highest BCUT2D eigenvalue weighted by Crippen LogP contribution is 2.35. The second-order valence-corrected chi connectivity index (χ2v) is 8.43. The van der Waals surface area contributed by atoms with Gasteiger partial charge in [-0.3, -0.25) is 25.0 Å². The number of rotatable bonds is 5. The number of hydrogen-bond acceptors (Lipinski definition) is 5. The minimum absolute atomic E-state index is 0.0304. The Hall–Kier alpha value is -2.56. The smallest absolute Gasteiger partial charge is 0.263 e. The molecule has 0 spiro atoms. The van der Waals surface area contributed by atoms with Crippen molar-refractivity contribution in [3.63, 3.8) is 0 Å². The largest absolute Gasteiger partial charge is 0.481 e. The number of aryl methyl sites for hydroxylation is 1. The number of hydrogen-bond donors (Lipinski definition) is 3. The van der Waals surface area contributed by atoms with E-state index in [0.29, 0.717) is 25.9 Å². The molecule has 1 aliphatic heterocycles. The summed E-state index contributed by atoms with van der Waals surface area (Å²) in [6.07, 6.45) is 1.43. The van der Waals surface area contributed by atoms with Crippen LogP contribution in [0.15, 0.2) is 50.9 Å². The van der Waals surface area contributed by atoms with E-state index in [9.17, 15) is 14.4 Å². The van der Waals surface area contributed by atoms with Crippen molar-refractivity contribution in [1.29, 1.82) is 0 Å². The second kappa shape index (κ2) is 9.50. The highest BCUT2D eigenvalue weighted by atomic mass is 79.9. The Bertz CT molecular complexity index is 1060. The zero-order chi connectivity index (χ0) is 21.8. The molecule has 0 aliphatic carbocycles. The molecule has 1 heterocycles. The molecule has 1 fully saturated rings. The average Bonchev–Trinajstić information content (AvgIpc) is 2.64. The van der Waals surface area contributed by atoms with E-state index in [1.54, 1.807) is 18.2 Å². The van der Waals surface area contributed by atoms with Crippen molar-refractivity contribution in [2.24, 2.45) is 0 Å². The first kappa shape index (κ1) is 22.1. The number of benzene rings is 2. The maximum Gasteiger partial charge on any atom is 0.263 e. The molecule has 30 heavy (non-hydrogen) atoms. The van der Waals surface area contributed by atoms with Crippen LogP contribution in [0.1, 0.15) is 11.1 Å². The summed E-state index contributed by atoms with van der Waals surface area (Å²) < 4.78 is 6.71. The second-order valence-electron chi connectivity index (χ2n) is 6.32. The quantitative estimate of drug-likeness (QED) is 0.300. The van der Waals surface area contributed by atoms with Gasteiger partial charge in [-0.15, -0.1) is 0 Å². The van der Waals surface area contributed by atoms with Crippen LogP contribution in [-0.2, 0) is 14.4 Å². The molecule has 10 heteroatoms. The topological polar surface area (TPSA) is 96.5 Å². The molecule has 1 aliphatic rings. The summed E-state index contributed by atoms with van der Waals surface area (Å²) in [5, 5.41) is 7.49. The van der Waals surface area contributed by atoms with Gasteiger partial charge in [0, 0.05) is 5.69 Å². The molecule has 3 amide bonds. The molecule has 1 saturated heterocycles. The first-order chi connectivity index (χ1) is 14.2. The number of thiocarbonyl (C=S) groups is 1. The van der Waals surface area contributed by atoms with Crippen LogP contribution in [0, 0.1) is 6.92 Å². The van der Waals surface area contributed by atoms with Gasteiger partial charge in [0.15, 0.2) is 11.7 Å². The van der Waals surface area contributed by atoms with Crippen molar-refractivity contribution in [3.05, 3.63) is 62.0 Å². The van der Waals surface area contributed by atoms with E-state index < -0.39 is 11.8 Å². The summed E-state index contributed by atoms with van der Waals surface area (Å²) in [5.74, 6) is -1.05. The lowest BCUT2D eigenvalue weighted by atomic mass is 10.1. The van der Waals surface area contributed by atoms with Gasteiger partial charge in [-0.05, 0) is 92.5 Å². The summed E-state index contributed by atoms with van der Waals surface area (Å²) in [6, 6.07) is 10.8. The van der Waals surface area contributed by atoms with Gasteiger partial charge in [0.2, 0.25) is 0 Å². The number of ether oxygens (including phenoxy) is 1. The lowest BCUT2D eigenvalue weighted by molar-refractivity contribution is -0.123. The standard InChI is InChI=1S/C20H15Br2N3O4S/c1-10-3-2-4-12(5-10)23-16(26)9-29-17-14(21)7-11(8-15(17)22)6-13-18(27)24-20(30)25-19(13)28/h2-8H,9H2,1H3,(H,23,26)(H2,24,25,27,28,30). The average molecular weight is 553 g/mol. The molecule has 0 atom stereocenters. The molecule has 154 valence electrons. The van der Waals surface area contributed by atoms with Crippen LogP contribution in [-0.4, -0.2) is 29.4 Å². The number of nitrogens with one attached hydrogen (secondary N) is 3. The number of anilines is 1. The van der Waals surface area contributed by atoms with Crippen LogP contribution in [0.4, 0.5) is 5.69 Å². The predicted molar refractivity (Wildman–Crippen MR) is 124 cm³/mol. The third-order valence-corrected chi connectivity index (χ3v) is 5.31. The molecular weight excluding hydrogens is 538 g/mol. The Morgan fingerprint density at radius 2 is 1.77 bits per heavy atom. The van der Waals surface area contributed by atoms with Gasteiger partial charge in [0.05, 0.1) is 8.95 Å². The van der Waals surface area contributed by atoms with Crippen molar-refractivity contribution in [2.45, 2.75) is 6.92 Å². The van der Waals surface area contributed by atoms with Crippen molar-refractivity contribution in [3.8, 4) is 5.75 Å². The van der Waals surface area contributed by atoms with Crippen LogP contribution < -0.4 is 20.7 Å². The number of carbonyl (C=O) groups is 3. The molecule has 0 unspecified atom stereocenters. The number of amides is 3. The molecule has 3 N–H and O–H groups in total. The predicted octanol–water partition coefficient (Wildman–Crippen LogP) is 3.45. The zero-order valence-electron chi connectivity index (χ0n) is 15.5. The summed E-state index contributed by atoms with van der Waals surface area (Å²) in [4.78, 5) is 36.1. The summed E-state index contributed by atoms with van der Waals surface area (Å²) >= 11 is 11.6. The van der Waals surface area contributed by atoms with E-state index in [2.05, 4.69) is 47.8 Å². The first-order valence-corrected chi connectivity index (χ1v) is 10.6. The Kier molecular flexibility index (Phi) is 7.01. The summed E-state index contributed by atoms with van der Waals surface area (Å²) in [5.41, 5.74) is 2.21. The molecule has 0 saturated carbocycles. The maximum absolute atomic E-state index is 12.2. The van der Waals surface area contributed by atoms with E-state index >= 15 is 0 Å². The third kappa shape index (κ3) is 5.53. The molecule has 2 aromatic rings. The fourth-order valence-corrected chi connectivity index (χ4v) is 4.27. The highest BCUT2D eigenvalue weighted by Gasteiger charge is 2.25. The van der Waals surface area contributed by atoms with Gasteiger partial charge in [-0.25, -0.2) is 0 Å². The van der Waals surface area contributed by atoms with Gasteiger partial charge in [0.25, 0.3) is 17.7 Å². The summed E-state index contributed by atoms with van der Waals surface area (Å²) in [7, 11) is 0. The monoisotopic (exact) mass is 551 g/mol. The Morgan fingerprint density at radius 3 is 2.37 bits per heavy atom. The molecule has 0 bridgehead atoms. The lowest BCUT2D eigenvalue weighted by Gasteiger charge is -2.16. The van der Waals surface area contributed by atoms with Gasteiger partial charge in [-0.1, -0.05) is 12.1 Å². The van der Waals surface area contributed by atoms with Crippen molar-refractivity contribution in [2.75, 3.05) is 11.9 Å². The molecular formula is C20H15Br2N3O4S. The van der Waals surface area contributed by atoms with E-state index in [4.69, 9.17) is 17.0 Å². The molecule has 0 aromatic heterocycles. The zero-order valence-corrected chi connectivity index (χ0v) is 19.5. The number of carbonyl (C=O) groups excluding carboxylic acids is 3.